The Hall–Kier alpha value is -1.03. The molecule has 0 radical (unpaired) electrons. The number of hydrogen-bond donors (Lipinski definition) is 2. The van der Waals surface area contributed by atoms with E-state index in [-0.39, 0.29) is 0 Å². The molecule has 2 rings (SSSR count). The van der Waals surface area contributed by atoms with Crippen LogP contribution in [0.1, 0.15) is 32.6 Å². The molecule has 1 aromatic carbocycles. The number of hydrogen-bond acceptors (Lipinski definition) is 3. The lowest BCUT2D eigenvalue weighted by Gasteiger charge is -2.28. The van der Waals surface area contributed by atoms with E-state index < -0.39 is 17.6 Å². The standard InChI is InChI=1S/C14H17ClO3/c1-14(2,3)13(17)11(16)10-7-8-5-4-6-9(15)12(8)18-10/h4-7,11,13,16-17H,1-3H3. The molecular weight excluding hydrogens is 252 g/mol. The minimum Gasteiger partial charge on any atom is -0.457 e. The summed E-state index contributed by atoms with van der Waals surface area (Å²) in [6, 6.07) is 7.10. The molecule has 0 aliphatic heterocycles. The van der Waals surface area contributed by atoms with Gasteiger partial charge >= 0.3 is 0 Å². The van der Waals surface area contributed by atoms with E-state index in [2.05, 4.69) is 0 Å². The van der Waals surface area contributed by atoms with Crippen molar-refractivity contribution >= 4 is 22.6 Å². The lowest BCUT2D eigenvalue weighted by molar-refractivity contribution is -0.0541. The van der Waals surface area contributed by atoms with Gasteiger partial charge < -0.3 is 14.6 Å². The van der Waals surface area contributed by atoms with Crippen molar-refractivity contribution in [2.75, 3.05) is 0 Å². The highest BCUT2D eigenvalue weighted by molar-refractivity contribution is 6.34. The average Bonchev–Trinajstić information content (AvgIpc) is 2.71. The Labute approximate surface area is 111 Å². The minimum absolute atomic E-state index is 0.334. The molecule has 2 N–H and O–H groups in total. The summed E-state index contributed by atoms with van der Waals surface area (Å²) in [6.07, 6.45) is -1.97. The van der Waals surface area contributed by atoms with Crippen LogP contribution in [0.5, 0.6) is 0 Å². The average molecular weight is 269 g/mol. The largest absolute Gasteiger partial charge is 0.457 e. The summed E-state index contributed by atoms with van der Waals surface area (Å²) in [7, 11) is 0. The zero-order valence-corrected chi connectivity index (χ0v) is 11.4. The maximum absolute atomic E-state index is 10.1. The van der Waals surface area contributed by atoms with E-state index >= 15 is 0 Å². The summed E-state index contributed by atoms with van der Waals surface area (Å²) < 4.78 is 5.53. The molecule has 0 bridgehead atoms. The van der Waals surface area contributed by atoms with Crippen molar-refractivity contribution in [3.8, 4) is 0 Å². The third-order valence-electron chi connectivity index (χ3n) is 2.99. The molecule has 1 heterocycles. The normalized spacial score (nSPS) is 15.9. The SMILES string of the molecule is CC(C)(C)C(O)C(O)c1cc2cccc(Cl)c2o1. The number of benzene rings is 1. The maximum Gasteiger partial charge on any atom is 0.152 e. The Balaban J connectivity index is 2.40. The van der Waals surface area contributed by atoms with E-state index in [0.717, 1.165) is 5.39 Å². The molecule has 98 valence electrons. The smallest absolute Gasteiger partial charge is 0.152 e. The van der Waals surface area contributed by atoms with E-state index in [1.165, 1.54) is 0 Å². The summed E-state index contributed by atoms with van der Waals surface area (Å²) in [4.78, 5) is 0. The molecule has 3 nitrogen and oxygen atoms in total. The van der Waals surface area contributed by atoms with Gasteiger partial charge in [0, 0.05) is 5.39 Å². The molecule has 2 unspecified atom stereocenters. The Bertz CT molecular complexity index is 554. The first-order valence-corrected chi connectivity index (χ1v) is 6.22. The highest BCUT2D eigenvalue weighted by Crippen LogP contribution is 2.34. The van der Waals surface area contributed by atoms with Crippen LogP contribution in [0.25, 0.3) is 11.0 Å². The van der Waals surface area contributed by atoms with Crippen molar-refractivity contribution < 1.29 is 14.6 Å². The van der Waals surface area contributed by atoms with Crippen molar-refractivity contribution in [1.82, 2.24) is 0 Å². The van der Waals surface area contributed by atoms with Gasteiger partial charge in [-0.05, 0) is 17.5 Å². The summed E-state index contributed by atoms with van der Waals surface area (Å²) in [5.41, 5.74) is 0.108. The predicted molar refractivity (Wildman–Crippen MR) is 71.6 cm³/mol. The Morgan fingerprint density at radius 2 is 1.89 bits per heavy atom. The Morgan fingerprint density at radius 3 is 2.44 bits per heavy atom. The molecule has 1 aromatic heterocycles. The monoisotopic (exact) mass is 268 g/mol. The number of fused-ring (bicyclic) bond motifs is 1. The summed E-state index contributed by atoms with van der Waals surface area (Å²) in [5, 5.41) is 21.5. The molecule has 4 heteroatoms. The molecule has 0 aliphatic rings. The number of aliphatic hydroxyl groups is 2. The van der Waals surface area contributed by atoms with E-state index in [0.29, 0.717) is 16.4 Å². The molecule has 0 fully saturated rings. The number of furan rings is 1. The summed E-state index contributed by atoms with van der Waals surface area (Å²) in [5.74, 6) is 0.334. The van der Waals surface area contributed by atoms with E-state index in [1.54, 1.807) is 12.1 Å². The number of para-hydroxylation sites is 1. The van der Waals surface area contributed by atoms with Crippen LogP contribution in [0.4, 0.5) is 0 Å². The summed E-state index contributed by atoms with van der Waals surface area (Å²) >= 11 is 6.01. The summed E-state index contributed by atoms with van der Waals surface area (Å²) in [6.45, 7) is 5.57. The van der Waals surface area contributed by atoms with Gasteiger partial charge in [0.1, 0.15) is 11.9 Å². The first-order valence-electron chi connectivity index (χ1n) is 5.85. The minimum atomic E-state index is -1.06. The van der Waals surface area contributed by atoms with Crippen molar-refractivity contribution in [1.29, 1.82) is 0 Å². The lowest BCUT2D eigenvalue weighted by atomic mass is 9.85. The van der Waals surface area contributed by atoms with Crippen molar-refractivity contribution in [2.45, 2.75) is 33.0 Å². The van der Waals surface area contributed by atoms with Crippen LogP contribution in [0, 0.1) is 5.41 Å². The van der Waals surface area contributed by atoms with Gasteiger partial charge in [-0.2, -0.15) is 0 Å². The van der Waals surface area contributed by atoms with Crippen LogP contribution in [0.3, 0.4) is 0 Å². The van der Waals surface area contributed by atoms with Crippen LogP contribution in [0.15, 0.2) is 28.7 Å². The fraction of sp³-hybridized carbons (Fsp3) is 0.429. The molecule has 0 aliphatic carbocycles. The van der Waals surface area contributed by atoms with E-state index in [4.69, 9.17) is 16.0 Å². The quantitative estimate of drug-likeness (QED) is 0.876. The van der Waals surface area contributed by atoms with Gasteiger partial charge in [0.05, 0.1) is 11.1 Å². The molecule has 0 saturated carbocycles. The molecule has 18 heavy (non-hydrogen) atoms. The van der Waals surface area contributed by atoms with Crippen LogP contribution in [-0.4, -0.2) is 16.3 Å². The Morgan fingerprint density at radius 1 is 1.22 bits per heavy atom. The molecule has 0 spiro atoms. The van der Waals surface area contributed by atoms with Crippen LogP contribution in [0.2, 0.25) is 5.02 Å². The van der Waals surface area contributed by atoms with Crippen molar-refractivity contribution in [3.05, 3.63) is 35.0 Å². The molecule has 2 atom stereocenters. The first-order chi connectivity index (χ1) is 8.30. The van der Waals surface area contributed by atoms with Gasteiger partial charge in [-0.1, -0.05) is 44.5 Å². The molecule has 0 amide bonds. The predicted octanol–water partition coefficient (Wildman–Crippen LogP) is 3.53. The van der Waals surface area contributed by atoms with Crippen molar-refractivity contribution in [2.24, 2.45) is 5.41 Å². The van der Waals surface area contributed by atoms with E-state index in [1.807, 2.05) is 32.9 Å². The second-order valence-electron chi connectivity index (χ2n) is 5.56. The highest BCUT2D eigenvalue weighted by atomic mass is 35.5. The van der Waals surface area contributed by atoms with Gasteiger partial charge in [-0.25, -0.2) is 0 Å². The first kappa shape index (κ1) is 13.4. The van der Waals surface area contributed by atoms with Crippen LogP contribution in [-0.2, 0) is 0 Å². The topological polar surface area (TPSA) is 53.6 Å². The molecule has 2 aromatic rings. The highest BCUT2D eigenvalue weighted by Gasteiger charge is 2.32. The number of aliphatic hydroxyl groups excluding tert-OH is 2. The zero-order valence-electron chi connectivity index (χ0n) is 10.6. The second-order valence-corrected chi connectivity index (χ2v) is 5.97. The number of halogens is 1. The third kappa shape index (κ3) is 2.39. The van der Waals surface area contributed by atoms with Gasteiger partial charge in [0.15, 0.2) is 5.58 Å². The van der Waals surface area contributed by atoms with Gasteiger partial charge in [0.25, 0.3) is 0 Å². The zero-order chi connectivity index (χ0) is 13.5. The molecule has 0 saturated heterocycles. The Kier molecular flexibility index (Phi) is 3.41. The van der Waals surface area contributed by atoms with Gasteiger partial charge in [-0.15, -0.1) is 0 Å². The third-order valence-corrected chi connectivity index (χ3v) is 3.29. The second kappa shape index (κ2) is 4.57. The van der Waals surface area contributed by atoms with Crippen LogP contribution >= 0.6 is 11.6 Å². The number of rotatable bonds is 2. The maximum atomic E-state index is 10.1. The lowest BCUT2D eigenvalue weighted by Crippen LogP contribution is -2.32. The fourth-order valence-corrected chi connectivity index (χ4v) is 2.04. The molecular formula is C14H17ClO3. The van der Waals surface area contributed by atoms with Crippen molar-refractivity contribution in [3.63, 3.8) is 0 Å². The van der Waals surface area contributed by atoms with Gasteiger partial charge in [0.2, 0.25) is 0 Å². The van der Waals surface area contributed by atoms with E-state index in [9.17, 15) is 10.2 Å². The van der Waals surface area contributed by atoms with Crippen LogP contribution < -0.4 is 0 Å². The van der Waals surface area contributed by atoms with Gasteiger partial charge in [-0.3, -0.25) is 0 Å². The fourth-order valence-electron chi connectivity index (χ4n) is 1.82.